The number of hydrogen-bond donors (Lipinski definition) is 2. The van der Waals surface area contributed by atoms with Crippen molar-refractivity contribution in [2.45, 2.75) is 43.4 Å². The predicted octanol–water partition coefficient (Wildman–Crippen LogP) is 1.85. The van der Waals surface area contributed by atoms with Crippen LogP contribution in [0.25, 0.3) is 0 Å². The van der Waals surface area contributed by atoms with Crippen LogP contribution in [0.1, 0.15) is 37.5 Å². The SMILES string of the molecule is CCCCCC(=O)NCc1ccc(S(=O)(=O)NC)s1. The topological polar surface area (TPSA) is 75.3 Å². The van der Waals surface area contributed by atoms with Crippen LogP contribution in [0.15, 0.2) is 16.3 Å². The summed E-state index contributed by atoms with van der Waals surface area (Å²) >= 11 is 1.17. The van der Waals surface area contributed by atoms with Crippen molar-refractivity contribution in [1.82, 2.24) is 10.0 Å². The monoisotopic (exact) mass is 304 g/mol. The van der Waals surface area contributed by atoms with Gasteiger partial charge in [-0.1, -0.05) is 19.8 Å². The highest BCUT2D eigenvalue weighted by Gasteiger charge is 2.14. The number of rotatable bonds is 8. The zero-order valence-corrected chi connectivity index (χ0v) is 12.9. The summed E-state index contributed by atoms with van der Waals surface area (Å²) < 4.78 is 25.6. The van der Waals surface area contributed by atoms with Gasteiger partial charge in [-0.15, -0.1) is 11.3 Å². The minimum Gasteiger partial charge on any atom is -0.351 e. The van der Waals surface area contributed by atoms with E-state index in [-0.39, 0.29) is 10.1 Å². The number of thiophene rings is 1. The van der Waals surface area contributed by atoms with Crippen molar-refractivity contribution in [1.29, 1.82) is 0 Å². The smallest absolute Gasteiger partial charge is 0.249 e. The lowest BCUT2D eigenvalue weighted by atomic mass is 10.2. The van der Waals surface area contributed by atoms with Crippen molar-refractivity contribution in [2.24, 2.45) is 0 Å². The molecule has 0 saturated carbocycles. The number of nitrogens with one attached hydrogen (secondary N) is 2. The van der Waals surface area contributed by atoms with Gasteiger partial charge in [-0.3, -0.25) is 4.79 Å². The molecule has 0 unspecified atom stereocenters. The third-order valence-electron chi connectivity index (χ3n) is 2.64. The molecule has 1 aromatic heterocycles. The second kappa shape index (κ2) is 7.62. The van der Waals surface area contributed by atoms with Gasteiger partial charge >= 0.3 is 0 Å². The minimum absolute atomic E-state index is 0.0138. The van der Waals surface area contributed by atoms with Crippen molar-refractivity contribution in [2.75, 3.05) is 7.05 Å². The van der Waals surface area contributed by atoms with Crippen LogP contribution in [0.5, 0.6) is 0 Å². The van der Waals surface area contributed by atoms with Crippen molar-refractivity contribution in [3.63, 3.8) is 0 Å². The molecule has 5 nitrogen and oxygen atoms in total. The van der Waals surface area contributed by atoms with E-state index in [1.165, 1.54) is 18.4 Å². The van der Waals surface area contributed by atoms with Crippen molar-refractivity contribution in [3.05, 3.63) is 17.0 Å². The van der Waals surface area contributed by atoms with E-state index < -0.39 is 10.0 Å². The number of unbranched alkanes of at least 4 members (excludes halogenated alkanes) is 2. The second-order valence-electron chi connectivity index (χ2n) is 4.16. The Hall–Kier alpha value is -0.920. The molecule has 2 N–H and O–H groups in total. The summed E-state index contributed by atoms with van der Waals surface area (Å²) in [5.41, 5.74) is 0. The summed E-state index contributed by atoms with van der Waals surface area (Å²) in [4.78, 5) is 12.3. The van der Waals surface area contributed by atoms with E-state index in [1.807, 2.05) is 0 Å². The molecular weight excluding hydrogens is 284 g/mol. The molecule has 1 aromatic rings. The van der Waals surface area contributed by atoms with Crippen LogP contribution in [0.4, 0.5) is 0 Å². The van der Waals surface area contributed by atoms with Gasteiger partial charge in [0.15, 0.2) is 0 Å². The van der Waals surface area contributed by atoms with Crippen LogP contribution < -0.4 is 10.0 Å². The molecule has 108 valence electrons. The number of sulfonamides is 1. The maximum absolute atomic E-state index is 11.5. The van der Waals surface area contributed by atoms with Gasteiger partial charge in [0.2, 0.25) is 15.9 Å². The molecular formula is C12H20N2O3S2. The summed E-state index contributed by atoms with van der Waals surface area (Å²) in [6.45, 7) is 2.47. The van der Waals surface area contributed by atoms with E-state index in [0.29, 0.717) is 13.0 Å². The first kappa shape index (κ1) is 16.1. The van der Waals surface area contributed by atoms with Crippen LogP contribution in [-0.2, 0) is 21.4 Å². The summed E-state index contributed by atoms with van der Waals surface area (Å²) in [5, 5.41) is 2.80. The average molecular weight is 304 g/mol. The largest absolute Gasteiger partial charge is 0.351 e. The molecule has 0 aliphatic carbocycles. The molecule has 1 amide bonds. The predicted molar refractivity (Wildman–Crippen MR) is 76.6 cm³/mol. The highest BCUT2D eigenvalue weighted by molar-refractivity contribution is 7.91. The zero-order chi connectivity index (χ0) is 14.3. The number of amides is 1. The Bertz CT molecular complexity index is 509. The van der Waals surface area contributed by atoms with Crippen molar-refractivity contribution >= 4 is 27.3 Å². The Morgan fingerprint density at radius 3 is 2.68 bits per heavy atom. The highest BCUT2D eigenvalue weighted by atomic mass is 32.2. The standard InChI is InChI=1S/C12H20N2O3S2/c1-3-4-5-6-11(15)14-9-10-7-8-12(18-10)19(16,17)13-2/h7-8,13H,3-6,9H2,1-2H3,(H,14,15). The summed E-state index contributed by atoms with van der Waals surface area (Å²) in [6, 6.07) is 3.27. The first-order valence-corrected chi connectivity index (χ1v) is 8.58. The quantitative estimate of drug-likeness (QED) is 0.720. The van der Waals surface area contributed by atoms with E-state index >= 15 is 0 Å². The Labute approximate surface area is 118 Å². The summed E-state index contributed by atoms with van der Waals surface area (Å²) in [6.07, 6.45) is 3.56. The van der Waals surface area contributed by atoms with Gasteiger partial charge in [0.1, 0.15) is 4.21 Å². The first-order chi connectivity index (χ1) is 8.99. The minimum atomic E-state index is -3.38. The first-order valence-electron chi connectivity index (χ1n) is 6.28. The van der Waals surface area contributed by atoms with E-state index in [4.69, 9.17) is 0 Å². The summed E-state index contributed by atoms with van der Waals surface area (Å²) in [7, 11) is -2.00. The molecule has 0 atom stereocenters. The van der Waals surface area contributed by atoms with Crippen LogP contribution in [-0.4, -0.2) is 21.4 Å². The molecule has 0 aromatic carbocycles. The molecule has 0 aliphatic heterocycles. The zero-order valence-electron chi connectivity index (χ0n) is 11.2. The lowest BCUT2D eigenvalue weighted by Crippen LogP contribution is -2.21. The van der Waals surface area contributed by atoms with Crippen LogP contribution in [0, 0.1) is 0 Å². The molecule has 0 spiro atoms. The van der Waals surface area contributed by atoms with Gasteiger partial charge in [-0.25, -0.2) is 13.1 Å². The van der Waals surface area contributed by atoms with Crippen LogP contribution in [0.3, 0.4) is 0 Å². The maximum Gasteiger partial charge on any atom is 0.249 e. The van der Waals surface area contributed by atoms with Crippen LogP contribution in [0.2, 0.25) is 0 Å². The normalized spacial score (nSPS) is 11.5. The fraction of sp³-hybridized carbons (Fsp3) is 0.583. The molecule has 0 fully saturated rings. The lowest BCUT2D eigenvalue weighted by Gasteiger charge is -2.03. The van der Waals surface area contributed by atoms with Crippen molar-refractivity contribution < 1.29 is 13.2 Å². The van der Waals surface area contributed by atoms with E-state index in [9.17, 15) is 13.2 Å². The Balaban J connectivity index is 2.45. The van der Waals surface area contributed by atoms with E-state index in [1.54, 1.807) is 12.1 Å². The summed E-state index contributed by atoms with van der Waals surface area (Å²) in [5.74, 6) is 0.0138. The molecule has 0 bridgehead atoms. The Morgan fingerprint density at radius 1 is 1.32 bits per heavy atom. The second-order valence-corrected chi connectivity index (χ2v) is 7.44. The van der Waals surface area contributed by atoms with Gasteiger partial charge in [0.05, 0.1) is 6.54 Å². The van der Waals surface area contributed by atoms with Gasteiger partial charge in [0.25, 0.3) is 0 Å². The fourth-order valence-corrected chi connectivity index (χ4v) is 3.64. The van der Waals surface area contributed by atoms with Gasteiger partial charge in [-0.2, -0.15) is 0 Å². The van der Waals surface area contributed by atoms with Gasteiger partial charge < -0.3 is 5.32 Å². The molecule has 1 rings (SSSR count). The molecule has 1 heterocycles. The molecule has 0 radical (unpaired) electrons. The van der Waals surface area contributed by atoms with Gasteiger partial charge in [0, 0.05) is 11.3 Å². The van der Waals surface area contributed by atoms with Crippen LogP contribution >= 0.6 is 11.3 Å². The highest BCUT2D eigenvalue weighted by Crippen LogP contribution is 2.20. The third-order valence-corrected chi connectivity index (χ3v) is 5.63. The fourth-order valence-electron chi connectivity index (χ4n) is 1.51. The average Bonchev–Trinajstić information content (AvgIpc) is 2.86. The lowest BCUT2D eigenvalue weighted by molar-refractivity contribution is -0.121. The molecule has 7 heteroatoms. The van der Waals surface area contributed by atoms with E-state index in [0.717, 1.165) is 24.1 Å². The third kappa shape index (κ3) is 5.30. The van der Waals surface area contributed by atoms with Gasteiger partial charge in [-0.05, 0) is 25.6 Å². The van der Waals surface area contributed by atoms with E-state index in [2.05, 4.69) is 17.0 Å². The number of hydrogen-bond acceptors (Lipinski definition) is 4. The number of carbonyl (C=O) groups is 1. The maximum atomic E-state index is 11.5. The Kier molecular flexibility index (Phi) is 6.47. The Morgan fingerprint density at radius 2 is 2.05 bits per heavy atom. The number of carbonyl (C=O) groups excluding carboxylic acids is 1. The molecule has 0 aliphatic rings. The van der Waals surface area contributed by atoms with Crippen molar-refractivity contribution in [3.8, 4) is 0 Å². The molecule has 0 saturated heterocycles. The molecule has 19 heavy (non-hydrogen) atoms.